The first kappa shape index (κ1) is 28.7. The molecule has 2 fully saturated rings. The number of aliphatic hydroxyl groups is 1. The highest BCUT2D eigenvalue weighted by molar-refractivity contribution is 6.00. The van der Waals surface area contributed by atoms with E-state index in [0.29, 0.717) is 28.1 Å². The molecule has 4 N–H and O–H groups in total. The SMILES string of the molecule is CN1CCN(c2ccc(C(N)=O)c(OC3CCC(NC(=O)c4cnn5cc(OCC(C)(C)O)ccc45)CC3)c2)CC1. The average Bonchev–Trinajstić information content (AvgIpc) is 3.36. The fourth-order valence-corrected chi connectivity index (χ4v) is 5.33. The fourth-order valence-electron chi connectivity index (χ4n) is 5.33. The Labute approximate surface area is 240 Å². The van der Waals surface area contributed by atoms with E-state index < -0.39 is 11.5 Å². The molecule has 0 radical (unpaired) electrons. The number of carbonyl (C=O) groups excluding carboxylic acids is 2. The predicted molar refractivity (Wildman–Crippen MR) is 156 cm³/mol. The number of hydrogen-bond donors (Lipinski definition) is 3. The van der Waals surface area contributed by atoms with Crippen LogP contribution in [0.5, 0.6) is 11.5 Å². The molecule has 0 spiro atoms. The smallest absolute Gasteiger partial charge is 0.255 e. The second-order valence-electron chi connectivity index (χ2n) is 11.8. The van der Waals surface area contributed by atoms with E-state index in [9.17, 15) is 14.7 Å². The monoisotopic (exact) mass is 564 g/mol. The van der Waals surface area contributed by atoms with E-state index in [2.05, 4.69) is 27.3 Å². The van der Waals surface area contributed by atoms with Crippen molar-refractivity contribution in [1.29, 1.82) is 0 Å². The number of fused-ring (bicyclic) bond motifs is 1. The number of nitrogens with one attached hydrogen (secondary N) is 1. The summed E-state index contributed by atoms with van der Waals surface area (Å²) in [6.07, 6.45) is 6.20. The van der Waals surface area contributed by atoms with E-state index >= 15 is 0 Å². The molecule has 1 aromatic carbocycles. The maximum absolute atomic E-state index is 13.1. The number of benzene rings is 1. The zero-order valence-electron chi connectivity index (χ0n) is 24.0. The number of anilines is 1. The Morgan fingerprint density at radius 1 is 1.07 bits per heavy atom. The molecule has 0 unspecified atom stereocenters. The largest absolute Gasteiger partial charge is 0.490 e. The first-order chi connectivity index (χ1) is 19.6. The van der Waals surface area contributed by atoms with Gasteiger partial charge in [0.25, 0.3) is 11.8 Å². The van der Waals surface area contributed by atoms with Crippen LogP contribution in [0.1, 0.15) is 60.2 Å². The summed E-state index contributed by atoms with van der Waals surface area (Å²) in [5, 5.41) is 17.3. The number of rotatable bonds is 9. The van der Waals surface area contributed by atoms with Crippen LogP contribution in [0.4, 0.5) is 5.69 Å². The molecule has 11 nitrogen and oxygen atoms in total. The molecule has 0 atom stereocenters. The van der Waals surface area contributed by atoms with Gasteiger partial charge in [0.15, 0.2) is 0 Å². The van der Waals surface area contributed by atoms with Crippen LogP contribution in [0.15, 0.2) is 42.7 Å². The van der Waals surface area contributed by atoms with Crippen LogP contribution >= 0.6 is 0 Å². The number of primary amides is 1. The highest BCUT2D eigenvalue weighted by Crippen LogP contribution is 2.31. The quantitative estimate of drug-likeness (QED) is 0.361. The summed E-state index contributed by atoms with van der Waals surface area (Å²) in [6.45, 7) is 7.29. The standard InChI is InChI=1S/C30H40N6O5/c1-30(2,39)19-40-23-9-11-26-25(17-32-36(26)18-23)29(38)33-20-4-7-22(8-5-20)41-27-16-21(6-10-24(27)28(31)37)35-14-12-34(3)13-15-35/h6,9-11,16-18,20,22,39H,4-5,7-8,12-15,19H2,1-3H3,(H2,31,37)(H,33,38). The number of pyridine rings is 1. The first-order valence-corrected chi connectivity index (χ1v) is 14.2. The van der Waals surface area contributed by atoms with Crippen molar-refractivity contribution in [2.45, 2.75) is 57.3 Å². The number of carbonyl (C=O) groups is 2. The van der Waals surface area contributed by atoms with Gasteiger partial charge < -0.3 is 35.4 Å². The van der Waals surface area contributed by atoms with Crippen molar-refractivity contribution in [2.24, 2.45) is 5.73 Å². The summed E-state index contributed by atoms with van der Waals surface area (Å²) in [7, 11) is 2.12. The van der Waals surface area contributed by atoms with Crippen molar-refractivity contribution in [3.05, 3.63) is 53.9 Å². The van der Waals surface area contributed by atoms with Gasteiger partial charge in [0.1, 0.15) is 18.1 Å². The zero-order valence-corrected chi connectivity index (χ0v) is 24.0. The molecule has 1 saturated carbocycles. The van der Waals surface area contributed by atoms with E-state index in [1.807, 2.05) is 12.1 Å². The molecule has 0 bridgehead atoms. The van der Waals surface area contributed by atoms with Gasteiger partial charge >= 0.3 is 0 Å². The Bertz CT molecular complexity index is 1380. The third kappa shape index (κ3) is 7.09. The molecule has 11 heteroatoms. The van der Waals surface area contributed by atoms with E-state index in [4.69, 9.17) is 15.2 Å². The van der Waals surface area contributed by atoms with Crippen molar-refractivity contribution in [3.63, 3.8) is 0 Å². The number of likely N-dealkylation sites (N-methyl/N-ethyl adjacent to an activating group) is 1. The molecule has 2 aliphatic rings. The van der Waals surface area contributed by atoms with Gasteiger partial charge in [-0.25, -0.2) is 4.52 Å². The second kappa shape index (κ2) is 12.0. The van der Waals surface area contributed by atoms with Crippen molar-refractivity contribution in [2.75, 3.05) is 44.7 Å². The summed E-state index contributed by atoms with van der Waals surface area (Å²) in [5.41, 5.74) is 7.29. The first-order valence-electron chi connectivity index (χ1n) is 14.2. The number of nitrogens with zero attached hydrogens (tertiary/aromatic N) is 4. The van der Waals surface area contributed by atoms with Crippen LogP contribution in [0.2, 0.25) is 0 Å². The molecular weight excluding hydrogens is 524 g/mol. The van der Waals surface area contributed by atoms with Gasteiger partial charge in [0.05, 0.1) is 40.7 Å². The third-order valence-electron chi connectivity index (χ3n) is 7.73. The Hall–Kier alpha value is -3.83. The van der Waals surface area contributed by atoms with Gasteiger partial charge in [0, 0.05) is 44.0 Å². The minimum Gasteiger partial charge on any atom is -0.490 e. The summed E-state index contributed by atoms with van der Waals surface area (Å²) in [5.74, 6) is 0.404. The summed E-state index contributed by atoms with van der Waals surface area (Å²) >= 11 is 0. The molecule has 2 aromatic heterocycles. The second-order valence-corrected chi connectivity index (χ2v) is 11.8. The summed E-state index contributed by atoms with van der Waals surface area (Å²) < 4.78 is 13.6. The highest BCUT2D eigenvalue weighted by Gasteiger charge is 2.27. The van der Waals surface area contributed by atoms with E-state index in [0.717, 1.165) is 57.5 Å². The molecule has 1 saturated heterocycles. The van der Waals surface area contributed by atoms with Crippen LogP contribution in [0.3, 0.4) is 0 Å². The topological polar surface area (TPSA) is 135 Å². The molecule has 1 aliphatic heterocycles. The van der Waals surface area contributed by atoms with Crippen LogP contribution < -0.4 is 25.4 Å². The lowest BCUT2D eigenvalue weighted by molar-refractivity contribution is 0.0283. The maximum Gasteiger partial charge on any atom is 0.255 e. The Kier molecular flexibility index (Phi) is 8.37. The fraction of sp³-hybridized carbons (Fsp3) is 0.500. The van der Waals surface area contributed by atoms with Crippen molar-refractivity contribution >= 4 is 23.0 Å². The number of amides is 2. The molecular formula is C30H40N6O5. The van der Waals surface area contributed by atoms with Crippen LogP contribution in [0.25, 0.3) is 5.52 Å². The highest BCUT2D eigenvalue weighted by atomic mass is 16.5. The molecule has 5 rings (SSSR count). The molecule has 1 aliphatic carbocycles. The normalized spacial score (nSPS) is 20.1. The Balaban J connectivity index is 1.17. The molecule has 41 heavy (non-hydrogen) atoms. The lowest BCUT2D eigenvalue weighted by Crippen LogP contribution is -2.44. The summed E-state index contributed by atoms with van der Waals surface area (Å²) in [4.78, 5) is 29.8. The lowest BCUT2D eigenvalue weighted by atomic mass is 9.92. The summed E-state index contributed by atoms with van der Waals surface area (Å²) in [6, 6.07) is 9.20. The van der Waals surface area contributed by atoms with Crippen molar-refractivity contribution in [3.8, 4) is 11.5 Å². The molecule has 3 aromatic rings. The molecule has 220 valence electrons. The van der Waals surface area contributed by atoms with Crippen molar-refractivity contribution < 1.29 is 24.2 Å². The van der Waals surface area contributed by atoms with Crippen molar-refractivity contribution in [1.82, 2.24) is 19.8 Å². The number of nitrogens with two attached hydrogens (primary N) is 1. The van der Waals surface area contributed by atoms with Gasteiger partial charge in [-0.1, -0.05) is 0 Å². The van der Waals surface area contributed by atoms with Gasteiger partial charge in [-0.15, -0.1) is 0 Å². The van der Waals surface area contributed by atoms with E-state index in [1.54, 1.807) is 49.0 Å². The van der Waals surface area contributed by atoms with Crippen LogP contribution in [-0.2, 0) is 0 Å². The van der Waals surface area contributed by atoms with Gasteiger partial charge in [-0.3, -0.25) is 9.59 Å². The van der Waals surface area contributed by atoms with Crippen LogP contribution in [0, 0.1) is 0 Å². The van der Waals surface area contributed by atoms with Crippen LogP contribution in [-0.4, -0.2) is 89.0 Å². The minimum absolute atomic E-state index is 0.0129. The number of hydrogen-bond acceptors (Lipinski definition) is 8. The lowest BCUT2D eigenvalue weighted by Gasteiger charge is -2.34. The predicted octanol–water partition coefficient (Wildman–Crippen LogP) is 2.45. The maximum atomic E-state index is 13.1. The zero-order chi connectivity index (χ0) is 29.1. The Morgan fingerprint density at radius 3 is 2.49 bits per heavy atom. The Morgan fingerprint density at radius 2 is 1.80 bits per heavy atom. The van der Waals surface area contributed by atoms with Gasteiger partial charge in [0.2, 0.25) is 0 Å². The molecule has 3 heterocycles. The number of aromatic nitrogens is 2. The number of ether oxygens (including phenoxy) is 2. The number of piperazine rings is 1. The van der Waals surface area contributed by atoms with E-state index in [1.165, 1.54) is 0 Å². The minimum atomic E-state index is -0.951. The van der Waals surface area contributed by atoms with Gasteiger partial charge in [-0.05, 0) is 70.8 Å². The van der Waals surface area contributed by atoms with Gasteiger partial charge in [-0.2, -0.15) is 5.10 Å². The molecule has 2 amide bonds. The average molecular weight is 565 g/mol. The third-order valence-corrected chi connectivity index (χ3v) is 7.73. The van der Waals surface area contributed by atoms with E-state index in [-0.39, 0.29) is 24.7 Å².